The summed E-state index contributed by atoms with van der Waals surface area (Å²) < 4.78 is 0. The lowest BCUT2D eigenvalue weighted by Gasteiger charge is -2.25. The largest absolute Gasteiger partial charge is 0.0622 e. The molecule has 1 fully saturated rings. The van der Waals surface area contributed by atoms with Crippen LogP contribution in [0.15, 0.2) is 54.6 Å². The lowest BCUT2D eigenvalue weighted by Crippen LogP contribution is -2.09. The maximum absolute atomic E-state index is 2.39. The van der Waals surface area contributed by atoms with Gasteiger partial charge in [-0.2, -0.15) is 0 Å². The third-order valence-electron chi connectivity index (χ3n) is 5.00. The molecule has 0 spiro atoms. The molecule has 0 heteroatoms. The molecule has 0 radical (unpaired) electrons. The zero-order chi connectivity index (χ0) is 14.5. The second-order valence-electron chi connectivity index (χ2n) is 6.63. The first-order valence-corrected chi connectivity index (χ1v) is 8.48. The topological polar surface area (TPSA) is 0 Å². The van der Waals surface area contributed by atoms with Gasteiger partial charge in [-0.3, -0.25) is 0 Å². The highest BCUT2D eigenvalue weighted by molar-refractivity contribution is 5.63. The smallest absolute Gasteiger partial charge is 0.0184 e. The van der Waals surface area contributed by atoms with Crippen LogP contribution < -0.4 is 0 Å². The second-order valence-corrected chi connectivity index (χ2v) is 6.63. The van der Waals surface area contributed by atoms with E-state index in [2.05, 4.69) is 61.5 Å². The van der Waals surface area contributed by atoms with Gasteiger partial charge in [0.05, 0.1) is 0 Å². The van der Waals surface area contributed by atoms with Crippen LogP contribution >= 0.6 is 0 Å². The van der Waals surface area contributed by atoms with Crippen molar-refractivity contribution in [2.75, 3.05) is 0 Å². The summed E-state index contributed by atoms with van der Waals surface area (Å²) in [6.45, 7) is 2.39. The summed E-state index contributed by atoms with van der Waals surface area (Å²) in [4.78, 5) is 0. The highest BCUT2D eigenvalue weighted by Gasteiger charge is 2.17. The molecule has 0 aliphatic heterocycles. The van der Waals surface area contributed by atoms with Crippen molar-refractivity contribution in [2.24, 2.45) is 5.92 Å². The summed E-state index contributed by atoms with van der Waals surface area (Å²) >= 11 is 0. The normalized spacial score (nSPS) is 17.6. The van der Waals surface area contributed by atoms with Gasteiger partial charge in [-0.15, -0.1) is 0 Å². The fraction of sp³-hybridized carbons (Fsp3) is 0.429. The molecule has 1 aliphatic carbocycles. The molecule has 0 amide bonds. The molecular weight excluding hydrogens is 252 g/mol. The number of hydrogen-bond donors (Lipinski definition) is 0. The molecule has 110 valence electrons. The lowest BCUT2D eigenvalue weighted by molar-refractivity contribution is 0.323. The predicted molar refractivity (Wildman–Crippen MR) is 91.5 cm³/mol. The molecule has 1 saturated carbocycles. The Morgan fingerprint density at radius 1 is 0.810 bits per heavy atom. The summed E-state index contributed by atoms with van der Waals surface area (Å²) in [6.07, 6.45) is 8.62. The van der Waals surface area contributed by atoms with Crippen LogP contribution in [-0.4, -0.2) is 0 Å². The average Bonchev–Trinajstić information content (AvgIpc) is 2.57. The molecule has 0 bridgehead atoms. The van der Waals surface area contributed by atoms with E-state index in [1.54, 1.807) is 0 Å². The van der Waals surface area contributed by atoms with Crippen LogP contribution in [-0.2, 0) is 0 Å². The number of hydrogen-bond acceptors (Lipinski definition) is 0. The Kier molecular flexibility index (Phi) is 4.75. The number of rotatable bonds is 4. The predicted octanol–water partition coefficient (Wildman–Crippen LogP) is 6.43. The minimum absolute atomic E-state index is 0.693. The SMILES string of the molecule is C[C@@H](CC1CCCCC1)c1ccc(-c2ccccc2)cc1. The van der Waals surface area contributed by atoms with Gasteiger partial charge in [0, 0.05) is 0 Å². The third-order valence-corrected chi connectivity index (χ3v) is 5.00. The molecule has 0 saturated heterocycles. The van der Waals surface area contributed by atoms with Crippen molar-refractivity contribution in [1.29, 1.82) is 0 Å². The highest BCUT2D eigenvalue weighted by Crippen LogP contribution is 2.33. The van der Waals surface area contributed by atoms with Crippen molar-refractivity contribution in [1.82, 2.24) is 0 Å². The third kappa shape index (κ3) is 3.75. The van der Waals surface area contributed by atoms with Gasteiger partial charge in [0.1, 0.15) is 0 Å². The summed E-state index contributed by atoms with van der Waals surface area (Å²) in [5.41, 5.74) is 4.13. The molecule has 2 aromatic rings. The fourth-order valence-corrected chi connectivity index (χ4v) is 3.69. The monoisotopic (exact) mass is 278 g/mol. The van der Waals surface area contributed by atoms with Gasteiger partial charge >= 0.3 is 0 Å². The van der Waals surface area contributed by atoms with E-state index >= 15 is 0 Å². The van der Waals surface area contributed by atoms with Crippen LogP contribution in [0.25, 0.3) is 11.1 Å². The van der Waals surface area contributed by atoms with Crippen molar-refractivity contribution < 1.29 is 0 Å². The van der Waals surface area contributed by atoms with E-state index in [4.69, 9.17) is 0 Å². The van der Waals surface area contributed by atoms with Gasteiger partial charge in [-0.05, 0) is 34.9 Å². The van der Waals surface area contributed by atoms with E-state index in [-0.39, 0.29) is 0 Å². The minimum atomic E-state index is 0.693. The van der Waals surface area contributed by atoms with E-state index in [1.807, 2.05) is 0 Å². The second kappa shape index (κ2) is 6.93. The highest BCUT2D eigenvalue weighted by atomic mass is 14.2. The molecule has 1 atom stereocenters. The quantitative estimate of drug-likeness (QED) is 0.604. The average molecular weight is 278 g/mol. The Hall–Kier alpha value is -1.56. The van der Waals surface area contributed by atoms with E-state index in [1.165, 1.54) is 55.2 Å². The molecule has 3 rings (SSSR count). The summed E-state index contributed by atoms with van der Waals surface area (Å²) in [5, 5.41) is 0. The van der Waals surface area contributed by atoms with E-state index in [0.717, 1.165) is 5.92 Å². The Balaban J connectivity index is 1.66. The van der Waals surface area contributed by atoms with E-state index in [9.17, 15) is 0 Å². The Morgan fingerprint density at radius 3 is 2.10 bits per heavy atom. The zero-order valence-electron chi connectivity index (χ0n) is 13.1. The van der Waals surface area contributed by atoms with Crippen molar-refractivity contribution in [2.45, 2.75) is 51.4 Å². The van der Waals surface area contributed by atoms with Gasteiger partial charge in [-0.1, -0.05) is 93.6 Å². The Bertz CT molecular complexity index is 532. The standard InChI is InChI=1S/C21H26/c1-17(16-18-8-4-2-5-9-18)19-12-14-21(15-13-19)20-10-6-3-7-11-20/h3,6-7,10-15,17-18H,2,4-5,8-9,16H2,1H3/t17-/m0/s1. The van der Waals surface area contributed by atoms with E-state index in [0.29, 0.717) is 5.92 Å². The van der Waals surface area contributed by atoms with Gasteiger partial charge < -0.3 is 0 Å². The number of benzene rings is 2. The fourth-order valence-electron chi connectivity index (χ4n) is 3.69. The van der Waals surface area contributed by atoms with Crippen molar-refractivity contribution in [3.05, 3.63) is 60.2 Å². The van der Waals surface area contributed by atoms with Gasteiger partial charge in [0.25, 0.3) is 0 Å². The molecular formula is C21H26. The minimum Gasteiger partial charge on any atom is -0.0622 e. The van der Waals surface area contributed by atoms with Crippen LogP contribution in [0.5, 0.6) is 0 Å². The summed E-state index contributed by atoms with van der Waals surface area (Å²) in [7, 11) is 0. The summed E-state index contributed by atoms with van der Waals surface area (Å²) in [5.74, 6) is 1.65. The molecule has 0 unspecified atom stereocenters. The maximum atomic E-state index is 2.39. The first-order chi connectivity index (χ1) is 10.3. The summed E-state index contributed by atoms with van der Waals surface area (Å²) in [6, 6.07) is 19.9. The lowest BCUT2D eigenvalue weighted by atomic mass is 9.81. The van der Waals surface area contributed by atoms with Crippen molar-refractivity contribution in [3.8, 4) is 11.1 Å². The van der Waals surface area contributed by atoms with Crippen molar-refractivity contribution >= 4 is 0 Å². The van der Waals surface area contributed by atoms with Crippen LogP contribution in [0, 0.1) is 5.92 Å². The molecule has 0 N–H and O–H groups in total. The zero-order valence-corrected chi connectivity index (χ0v) is 13.1. The van der Waals surface area contributed by atoms with Crippen LogP contribution in [0.4, 0.5) is 0 Å². The van der Waals surface area contributed by atoms with Gasteiger partial charge in [0.2, 0.25) is 0 Å². The van der Waals surface area contributed by atoms with Crippen LogP contribution in [0.3, 0.4) is 0 Å². The van der Waals surface area contributed by atoms with E-state index < -0.39 is 0 Å². The maximum Gasteiger partial charge on any atom is -0.0184 e. The van der Waals surface area contributed by atoms with Crippen LogP contribution in [0.2, 0.25) is 0 Å². The molecule has 1 aliphatic rings. The van der Waals surface area contributed by atoms with Gasteiger partial charge in [-0.25, -0.2) is 0 Å². The molecule has 2 aromatic carbocycles. The first kappa shape index (κ1) is 14.4. The molecule has 0 aromatic heterocycles. The van der Waals surface area contributed by atoms with Crippen LogP contribution in [0.1, 0.15) is 56.9 Å². The van der Waals surface area contributed by atoms with Crippen molar-refractivity contribution in [3.63, 3.8) is 0 Å². The molecule has 0 heterocycles. The first-order valence-electron chi connectivity index (χ1n) is 8.48. The molecule has 21 heavy (non-hydrogen) atoms. The Morgan fingerprint density at radius 2 is 1.43 bits per heavy atom. The van der Waals surface area contributed by atoms with Gasteiger partial charge in [0.15, 0.2) is 0 Å². The molecule has 0 nitrogen and oxygen atoms in total. The Labute approximate surface area is 129 Å².